The van der Waals surface area contributed by atoms with Gasteiger partial charge >= 0.3 is 5.97 Å². The van der Waals surface area contributed by atoms with Crippen LogP contribution in [-0.4, -0.2) is 49.7 Å². The monoisotopic (exact) mass is 284 g/mol. The minimum Gasteiger partial charge on any atom is -0.465 e. The molecule has 1 saturated carbocycles. The van der Waals surface area contributed by atoms with Gasteiger partial charge in [0.1, 0.15) is 5.54 Å². The standard InChI is InChI=1S/C16H32N2O2/c1-6-17-16(14-8-9-14,15(19)20-7-2)12-18(5)11-10-13(3)4/h13-14,17H,6-12H2,1-5H3. The van der Waals surface area contributed by atoms with Crippen LogP contribution in [-0.2, 0) is 9.53 Å². The Morgan fingerprint density at radius 1 is 1.40 bits per heavy atom. The molecule has 0 spiro atoms. The van der Waals surface area contributed by atoms with E-state index in [4.69, 9.17) is 4.74 Å². The lowest BCUT2D eigenvalue weighted by molar-refractivity contribution is -0.153. The first-order chi connectivity index (χ1) is 9.46. The van der Waals surface area contributed by atoms with Gasteiger partial charge < -0.3 is 15.0 Å². The average molecular weight is 284 g/mol. The molecular weight excluding hydrogens is 252 g/mol. The second-order valence-corrected chi connectivity index (χ2v) is 6.42. The summed E-state index contributed by atoms with van der Waals surface area (Å²) in [5.41, 5.74) is -0.503. The lowest BCUT2D eigenvalue weighted by Gasteiger charge is -2.36. The molecule has 1 aliphatic rings. The maximum absolute atomic E-state index is 12.5. The van der Waals surface area contributed by atoms with Gasteiger partial charge in [0.05, 0.1) is 6.61 Å². The smallest absolute Gasteiger partial charge is 0.327 e. The van der Waals surface area contributed by atoms with Crippen molar-refractivity contribution < 1.29 is 9.53 Å². The zero-order valence-electron chi connectivity index (χ0n) is 13.9. The summed E-state index contributed by atoms with van der Waals surface area (Å²) in [7, 11) is 2.11. The Labute approximate surface area is 124 Å². The lowest BCUT2D eigenvalue weighted by Crippen LogP contribution is -2.61. The van der Waals surface area contributed by atoms with Gasteiger partial charge in [0.2, 0.25) is 0 Å². The summed E-state index contributed by atoms with van der Waals surface area (Å²) in [6.45, 7) is 11.4. The van der Waals surface area contributed by atoms with Crippen molar-refractivity contribution >= 4 is 5.97 Å². The van der Waals surface area contributed by atoms with Gasteiger partial charge in [-0.1, -0.05) is 20.8 Å². The maximum Gasteiger partial charge on any atom is 0.327 e. The first kappa shape index (κ1) is 17.4. The van der Waals surface area contributed by atoms with Crippen molar-refractivity contribution in [2.24, 2.45) is 11.8 Å². The summed E-state index contributed by atoms with van der Waals surface area (Å²) in [6, 6.07) is 0. The molecule has 0 saturated heterocycles. The second kappa shape index (κ2) is 7.99. The fourth-order valence-electron chi connectivity index (χ4n) is 2.77. The quantitative estimate of drug-likeness (QED) is 0.625. The molecule has 1 N–H and O–H groups in total. The van der Waals surface area contributed by atoms with Gasteiger partial charge in [0.25, 0.3) is 0 Å². The first-order valence-electron chi connectivity index (χ1n) is 8.07. The Balaban J connectivity index is 2.72. The summed E-state index contributed by atoms with van der Waals surface area (Å²) in [5, 5.41) is 3.44. The molecular formula is C16H32N2O2. The Hall–Kier alpha value is -0.610. The molecule has 0 bridgehead atoms. The molecule has 20 heavy (non-hydrogen) atoms. The number of ether oxygens (including phenoxy) is 1. The third kappa shape index (κ3) is 4.74. The van der Waals surface area contributed by atoms with E-state index >= 15 is 0 Å². The maximum atomic E-state index is 12.5. The van der Waals surface area contributed by atoms with Gasteiger partial charge in [0.15, 0.2) is 0 Å². The third-order valence-electron chi connectivity index (χ3n) is 4.01. The summed E-state index contributed by atoms with van der Waals surface area (Å²) in [5.74, 6) is 1.05. The van der Waals surface area contributed by atoms with Crippen LogP contribution in [0.3, 0.4) is 0 Å². The molecule has 1 atom stereocenters. The zero-order valence-corrected chi connectivity index (χ0v) is 13.9. The van der Waals surface area contributed by atoms with Crippen molar-refractivity contribution in [2.45, 2.75) is 52.5 Å². The Morgan fingerprint density at radius 3 is 2.50 bits per heavy atom. The summed E-state index contributed by atoms with van der Waals surface area (Å²) in [4.78, 5) is 14.8. The number of esters is 1. The molecule has 0 heterocycles. The average Bonchev–Trinajstić information content (AvgIpc) is 3.20. The SMILES string of the molecule is CCNC(CN(C)CCC(C)C)(C(=O)OCC)C1CC1. The fraction of sp³-hybridized carbons (Fsp3) is 0.938. The predicted molar refractivity (Wildman–Crippen MR) is 82.7 cm³/mol. The van der Waals surface area contributed by atoms with Crippen molar-refractivity contribution in [1.82, 2.24) is 10.2 Å². The van der Waals surface area contributed by atoms with Crippen molar-refractivity contribution in [3.8, 4) is 0 Å². The molecule has 1 fully saturated rings. The van der Waals surface area contributed by atoms with Crippen molar-refractivity contribution in [2.75, 3.05) is 33.3 Å². The predicted octanol–water partition coefficient (Wildman–Crippen LogP) is 2.29. The van der Waals surface area contributed by atoms with Crippen LogP contribution >= 0.6 is 0 Å². The Kier molecular flexibility index (Phi) is 6.96. The number of nitrogens with zero attached hydrogens (tertiary/aromatic N) is 1. The van der Waals surface area contributed by atoms with E-state index in [0.29, 0.717) is 18.4 Å². The lowest BCUT2D eigenvalue weighted by atomic mass is 9.92. The molecule has 0 radical (unpaired) electrons. The van der Waals surface area contributed by atoms with Crippen LogP contribution in [0.4, 0.5) is 0 Å². The highest BCUT2D eigenvalue weighted by Crippen LogP contribution is 2.41. The first-order valence-corrected chi connectivity index (χ1v) is 8.07. The molecule has 0 amide bonds. The Bertz CT molecular complexity index is 303. The van der Waals surface area contributed by atoms with Gasteiger partial charge in [-0.15, -0.1) is 0 Å². The minimum atomic E-state index is -0.503. The van der Waals surface area contributed by atoms with Crippen LogP contribution in [0.2, 0.25) is 0 Å². The number of hydrogen-bond donors (Lipinski definition) is 1. The number of carbonyl (C=O) groups excluding carboxylic acids is 1. The van der Waals surface area contributed by atoms with Crippen LogP contribution in [0.15, 0.2) is 0 Å². The van der Waals surface area contributed by atoms with E-state index in [2.05, 4.69) is 38.0 Å². The molecule has 118 valence electrons. The molecule has 1 unspecified atom stereocenters. The van der Waals surface area contributed by atoms with E-state index in [-0.39, 0.29) is 5.97 Å². The number of nitrogens with one attached hydrogen (secondary N) is 1. The van der Waals surface area contributed by atoms with Gasteiger partial charge in [0, 0.05) is 6.54 Å². The summed E-state index contributed by atoms with van der Waals surface area (Å²) < 4.78 is 5.36. The number of hydrogen-bond acceptors (Lipinski definition) is 4. The molecule has 1 aliphatic carbocycles. The molecule has 4 nitrogen and oxygen atoms in total. The molecule has 1 rings (SSSR count). The van der Waals surface area contributed by atoms with E-state index in [0.717, 1.165) is 38.9 Å². The minimum absolute atomic E-state index is 0.0688. The van der Waals surface area contributed by atoms with Crippen LogP contribution in [0, 0.1) is 11.8 Å². The second-order valence-electron chi connectivity index (χ2n) is 6.42. The molecule has 0 aromatic carbocycles. The van der Waals surface area contributed by atoms with Crippen LogP contribution in [0.1, 0.15) is 47.0 Å². The third-order valence-corrected chi connectivity index (χ3v) is 4.01. The molecule has 0 aliphatic heterocycles. The molecule has 0 aromatic rings. The highest BCUT2D eigenvalue weighted by atomic mass is 16.5. The van der Waals surface area contributed by atoms with Crippen LogP contribution in [0.5, 0.6) is 0 Å². The highest BCUT2D eigenvalue weighted by Gasteiger charge is 2.52. The van der Waals surface area contributed by atoms with Crippen molar-refractivity contribution in [1.29, 1.82) is 0 Å². The van der Waals surface area contributed by atoms with Crippen molar-refractivity contribution in [3.63, 3.8) is 0 Å². The highest BCUT2D eigenvalue weighted by molar-refractivity contribution is 5.82. The van der Waals surface area contributed by atoms with E-state index in [1.54, 1.807) is 0 Å². The summed E-state index contributed by atoms with van der Waals surface area (Å²) >= 11 is 0. The zero-order chi connectivity index (χ0) is 15.2. The van der Waals surface area contributed by atoms with Gasteiger partial charge in [-0.25, -0.2) is 4.79 Å². The van der Waals surface area contributed by atoms with Crippen LogP contribution in [0.25, 0.3) is 0 Å². The van der Waals surface area contributed by atoms with E-state index in [9.17, 15) is 4.79 Å². The summed E-state index contributed by atoms with van der Waals surface area (Å²) in [6.07, 6.45) is 3.42. The Morgan fingerprint density at radius 2 is 2.05 bits per heavy atom. The fourth-order valence-corrected chi connectivity index (χ4v) is 2.77. The van der Waals surface area contributed by atoms with Crippen molar-refractivity contribution in [3.05, 3.63) is 0 Å². The van der Waals surface area contributed by atoms with Crippen LogP contribution < -0.4 is 5.32 Å². The number of likely N-dealkylation sites (N-methyl/N-ethyl adjacent to an activating group) is 2. The van der Waals surface area contributed by atoms with Gasteiger partial charge in [-0.05, 0) is 58.2 Å². The molecule has 4 heteroatoms. The van der Waals surface area contributed by atoms with E-state index in [1.807, 2.05) is 6.92 Å². The molecule has 0 aromatic heterocycles. The number of carbonyl (C=O) groups is 1. The number of rotatable bonds is 10. The topological polar surface area (TPSA) is 41.6 Å². The van der Waals surface area contributed by atoms with Gasteiger partial charge in [-0.3, -0.25) is 0 Å². The normalized spacial score (nSPS) is 18.4. The van der Waals surface area contributed by atoms with E-state index in [1.165, 1.54) is 0 Å². The van der Waals surface area contributed by atoms with E-state index < -0.39 is 5.54 Å². The largest absolute Gasteiger partial charge is 0.465 e. The van der Waals surface area contributed by atoms with Gasteiger partial charge in [-0.2, -0.15) is 0 Å².